The summed E-state index contributed by atoms with van der Waals surface area (Å²) in [7, 11) is 0. The maximum Gasteiger partial charge on any atom is 0.276 e. The fourth-order valence-corrected chi connectivity index (χ4v) is 2.32. The number of para-hydroxylation sites is 2. The van der Waals surface area contributed by atoms with Crippen LogP contribution in [-0.2, 0) is 0 Å². The number of amides is 1. The Kier molecular flexibility index (Phi) is 5.73. The monoisotopic (exact) mass is 388 g/mol. The highest BCUT2D eigenvalue weighted by atomic mass is 19.2. The van der Waals surface area contributed by atoms with Crippen LogP contribution in [0, 0.1) is 17.5 Å². The first-order chi connectivity index (χ1) is 13.5. The van der Waals surface area contributed by atoms with Gasteiger partial charge in [-0.1, -0.05) is 12.1 Å². The molecule has 6 nitrogen and oxygen atoms in total. The Bertz CT molecular complexity index is 997. The van der Waals surface area contributed by atoms with Gasteiger partial charge in [-0.2, -0.15) is 0 Å². The highest BCUT2D eigenvalue weighted by Gasteiger charge is 2.15. The van der Waals surface area contributed by atoms with Crippen LogP contribution in [0.2, 0.25) is 0 Å². The van der Waals surface area contributed by atoms with Gasteiger partial charge in [0.2, 0.25) is 0 Å². The molecule has 3 rings (SSSR count). The zero-order valence-electron chi connectivity index (χ0n) is 14.7. The van der Waals surface area contributed by atoms with Crippen LogP contribution in [0.4, 0.5) is 30.4 Å². The van der Waals surface area contributed by atoms with Crippen molar-refractivity contribution in [1.82, 2.24) is 10.2 Å². The van der Waals surface area contributed by atoms with E-state index in [2.05, 4.69) is 20.8 Å². The molecule has 0 saturated heterocycles. The first kappa shape index (κ1) is 19.2. The number of ether oxygens (including phenoxy) is 1. The molecular weight excluding hydrogens is 373 g/mol. The first-order valence-corrected chi connectivity index (χ1v) is 8.27. The van der Waals surface area contributed by atoms with Crippen LogP contribution in [0.25, 0.3) is 0 Å². The van der Waals surface area contributed by atoms with Gasteiger partial charge in [-0.3, -0.25) is 4.79 Å². The van der Waals surface area contributed by atoms with Gasteiger partial charge in [0.25, 0.3) is 5.91 Å². The molecule has 0 aliphatic heterocycles. The molecule has 0 saturated carbocycles. The van der Waals surface area contributed by atoms with Crippen LogP contribution in [0.5, 0.6) is 5.75 Å². The van der Waals surface area contributed by atoms with E-state index < -0.39 is 23.4 Å². The zero-order valence-corrected chi connectivity index (χ0v) is 14.7. The van der Waals surface area contributed by atoms with Crippen molar-refractivity contribution in [2.45, 2.75) is 6.92 Å². The summed E-state index contributed by atoms with van der Waals surface area (Å²) in [5, 5.41) is 12.7. The van der Waals surface area contributed by atoms with Gasteiger partial charge in [0, 0.05) is 0 Å². The summed E-state index contributed by atoms with van der Waals surface area (Å²) in [6.45, 7) is 2.26. The van der Waals surface area contributed by atoms with Crippen LogP contribution < -0.4 is 15.4 Å². The summed E-state index contributed by atoms with van der Waals surface area (Å²) in [6.07, 6.45) is 0. The highest BCUT2D eigenvalue weighted by molar-refractivity contribution is 6.03. The molecule has 2 aromatic carbocycles. The van der Waals surface area contributed by atoms with Crippen molar-refractivity contribution in [3.63, 3.8) is 0 Å². The number of hydrogen-bond acceptors (Lipinski definition) is 5. The van der Waals surface area contributed by atoms with Gasteiger partial charge in [-0.15, -0.1) is 10.2 Å². The minimum atomic E-state index is -1.60. The number of nitrogens with zero attached hydrogens (tertiary/aromatic N) is 2. The fraction of sp³-hybridized carbons (Fsp3) is 0.105. The van der Waals surface area contributed by atoms with Gasteiger partial charge in [0.05, 0.1) is 18.0 Å². The Morgan fingerprint density at radius 3 is 2.46 bits per heavy atom. The minimum Gasteiger partial charge on any atom is -0.492 e. The molecule has 3 aromatic rings. The third-order valence-corrected chi connectivity index (χ3v) is 3.63. The van der Waals surface area contributed by atoms with E-state index in [0.29, 0.717) is 18.0 Å². The van der Waals surface area contributed by atoms with Crippen molar-refractivity contribution in [2.75, 3.05) is 17.2 Å². The molecule has 144 valence electrons. The van der Waals surface area contributed by atoms with Gasteiger partial charge >= 0.3 is 0 Å². The van der Waals surface area contributed by atoms with Gasteiger partial charge in [-0.25, -0.2) is 13.2 Å². The van der Waals surface area contributed by atoms with Crippen LogP contribution in [-0.4, -0.2) is 22.7 Å². The Morgan fingerprint density at radius 2 is 1.75 bits per heavy atom. The van der Waals surface area contributed by atoms with E-state index >= 15 is 0 Å². The number of aromatic nitrogens is 2. The molecule has 28 heavy (non-hydrogen) atoms. The summed E-state index contributed by atoms with van der Waals surface area (Å²) in [5.41, 5.74) is 0.167. The van der Waals surface area contributed by atoms with Crippen molar-refractivity contribution < 1.29 is 22.7 Å². The van der Waals surface area contributed by atoms with Crippen molar-refractivity contribution in [3.05, 3.63) is 71.7 Å². The lowest BCUT2D eigenvalue weighted by Crippen LogP contribution is -2.15. The molecule has 0 aliphatic rings. The van der Waals surface area contributed by atoms with Crippen LogP contribution in [0.15, 0.2) is 48.5 Å². The maximum absolute atomic E-state index is 13.7. The van der Waals surface area contributed by atoms with E-state index in [9.17, 15) is 18.0 Å². The lowest BCUT2D eigenvalue weighted by atomic mass is 10.2. The number of anilines is 3. The Morgan fingerprint density at radius 1 is 0.964 bits per heavy atom. The largest absolute Gasteiger partial charge is 0.492 e. The molecule has 0 atom stereocenters. The lowest BCUT2D eigenvalue weighted by Gasteiger charge is -2.11. The van der Waals surface area contributed by atoms with E-state index in [1.165, 1.54) is 12.1 Å². The second-order valence-electron chi connectivity index (χ2n) is 5.54. The lowest BCUT2D eigenvalue weighted by molar-refractivity contribution is 0.102. The standard InChI is InChI=1S/C19H15F3N4O2/c1-2-28-15-6-4-3-5-12(15)24-19(27)14-9-10-16(26-25-14)23-13-8-7-11(20)17(21)18(13)22/h3-10H,2H2,1H3,(H,23,26)(H,24,27). The summed E-state index contributed by atoms with van der Waals surface area (Å²) < 4.78 is 45.4. The zero-order chi connectivity index (χ0) is 20.1. The number of hydrogen-bond donors (Lipinski definition) is 2. The van der Waals surface area contributed by atoms with E-state index in [1.807, 2.05) is 6.92 Å². The molecule has 0 aliphatic carbocycles. The number of nitrogens with one attached hydrogen (secondary N) is 2. The van der Waals surface area contributed by atoms with Crippen molar-refractivity contribution in [1.29, 1.82) is 0 Å². The number of carbonyl (C=O) groups is 1. The number of carbonyl (C=O) groups excluding carboxylic acids is 1. The number of benzene rings is 2. The van der Waals surface area contributed by atoms with E-state index in [-0.39, 0.29) is 17.2 Å². The van der Waals surface area contributed by atoms with Crippen molar-refractivity contribution >= 4 is 23.1 Å². The van der Waals surface area contributed by atoms with Crippen LogP contribution in [0.3, 0.4) is 0 Å². The minimum absolute atomic E-state index is 0.00242. The summed E-state index contributed by atoms with van der Waals surface area (Å²) in [4.78, 5) is 12.3. The van der Waals surface area contributed by atoms with Crippen LogP contribution >= 0.6 is 0 Å². The van der Waals surface area contributed by atoms with E-state index in [4.69, 9.17) is 4.74 Å². The molecule has 0 radical (unpaired) electrons. The summed E-state index contributed by atoms with van der Waals surface area (Å²) in [5.74, 6) is -4.23. The molecule has 1 amide bonds. The Balaban J connectivity index is 1.72. The third-order valence-electron chi connectivity index (χ3n) is 3.63. The summed E-state index contributed by atoms with van der Waals surface area (Å²) in [6, 6.07) is 11.4. The van der Waals surface area contributed by atoms with E-state index in [1.54, 1.807) is 24.3 Å². The molecule has 0 spiro atoms. The average molecular weight is 388 g/mol. The SMILES string of the molecule is CCOc1ccccc1NC(=O)c1ccc(Nc2ccc(F)c(F)c2F)nn1. The number of rotatable bonds is 6. The van der Waals surface area contributed by atoms with Crippen molar-refractivity contribution in [3.8, 4) is 5.75 Å². The first-order valence-electron chi connectivity index (χ1n) is 8.27. The Hall–Kier alpha value is -3.62. The smallest absolute Gasteiger partial charge is 0.276 e. The molecular formula is C19H15F3N4O2. The second-order valence-corrected chi connectivity index (χ2v) is 5.54. The van der Waals surface area contributed by atoms with Gasteiger partial charge in [-0.05, 0) is 43.3 Å². The summed E-state index contributed by atoms with van der Waals surface area (Å²) >= 11 is 0. The molecule has 2 N–H and O–H groups in total. The topological polar surface area (TPSA) is 76.1 Å². The van der Waals surface area contributed by atoms with Crippen molar-refractivity contribution in [2.24, 2.45) is 0 Å². The third kappa shape index (κ3) is 4.20. The number of halogens is 3. The predicted molar refractivity (Wildman–Crippen MR) is 97.2 cm³/mol. The predicted octanol–water partition coefficient (Wildman–Crippen LogP) is 4.29. The molecule has 0 fully saturated rings. The quantitative estimate of drug-likeness (QED) is 0.616. The van der Waals surface area contributed by atoms with Gasteiger partial charge < -0.3 is 15.4 Å². The van der Waals surface area contributed by atoms with Crippen LogP contribution in [0.1, 0.15) is 17.4 Å². The molecule has 1 aromatic heterocycles. The Labute approximate surface area is 158 Å². The molecule has 0 bridgehead atoms. The highest BCUT2D eigenvalue weighted by Crippen LogP contribution is 2.25. The van der Waals surface area contributed by atoms with E-state index in [0.717, 1.165) is 12.1 Å². The van der Waals surface area contributed by atoms with Gasteiger partial charge in [0.15, 0.2) is 29.0 Å². The maximum atomic E-state index is 13.7. The molecule has 9 heteroatoms. The van der Waals surface area contributed by atoms with Gasteiger partial charge in [0.1, 0.15) is 5.75 Å². The second kappa shape index (κ2) is 8.38. The average Bonchev–Trinajstić information content (AvgIpc) is 2.70. The molecule has 0 unspecified atom stereocenters. The normalized spacial score (nSPS) is 10.4. The molecule has 1 heterocycles. The fourth-order valence-electron chi connectivity index (χ4n) is 2.32.